The summed E-state index contributed by atoms with van der Waals surface area (Å²) in [6, 6.07) is 0. The largest absolute Gasteiger partial charge is 0.394 e. The van der Waals surface area contributed by atoms with Gasteiger partial charge in [0.1, 0.15) is 48.8 Å². The molecule has 0 aromatic rings. The zero-order chi connectivity index (χ0) is 40.4. The Morgan fingerprint density at radius 2 is 0.545 bits per heavy atom. The predicted octanol–water partition coefficient (Wildman–Crippen LogP) is -7.28. The molecular weight excluding hydrogens is 744 g/mol. The molecule has 20 atom stereocenters. The Labute approximate surface area is 318 Å². The maximum Gasteiger partial charge on any atom is 0.110 e. The number of hydrogen-bond donors (Lipinski definition) is 12. The van der Waals surface area contributed by atoms with Crippen molar-refractivity contribution in [3.63, 3.8) is 0 Å². The molecule has 55 heavy (non-hydrogen) atoms. The Kier molecular flexibility index (Phi) is 19.2. The molecule has 4 aliphatic rings. The third-order valence-electron chi connectivity index (χ3n) is 11.2. The lowest BCUT2D eigenvalue weighted by molar-refractivity contribution is -0.251. The van der Waals surface area contributed by atoms with Crippen molar-refractivity contribution < 1.29 is 104 Å². The maximum atomic E-state index is 11.0. The summed E-state index contributed by atoms with van der Waals surface area (Å²) in [6.45, 7) is -3.61. The maximum absolute atomic E-state index is 11.0. The van der Waals surface area contributed by atoms with Gasteiger partial charge in [0.15, 0.2) is 0 Å². The molecule has 0 saturated carbocycles. The second-order valence-electron chi connectivity index (χ2n) is 14.7. The fraction of sp³-hybridized carbons (Fsp3) is 1.00. The van der Waals surface area contributed by atoms with Gasteiger partial charge in [-0.15, -0.1) is 0 Å². The quantitative estimate of drug-likeness (QED) is 0.0544. The number of hydrogen-bond acceptors (Lipinski definition) is 21. The van der Waals surface area contributed by atoms with E-state index >= 15 is 0 Å². The molecule has 0 spiro atoms. The van der Waals surface area contributed by atoms with Crippen LogP contribution in [0.5, 0.6) is 0 Å². The summed E-state index contributed by atoms with van der Waals surface area (Å²) in [7, 11) is 2.82. The Hall–Kier alpha value is -0.840. The van der Waals surface area contributed by atoms with Gasteiger partial charge in [0, 0.05) is 37.9 Å². The number of rotatable bonds is 20. The first kappa shape index (κ1) is 46.8. The minimum absolute atomic E-state index is 0.00640. The molecule has 4 rings (SSSR count). The van der Waals surface area contributed by atoms with Crippen LogP contribution in [0.2, 0.25) is 0 Å². The van der Waals surface area contributed by atoms with Gasteiger partial charge >= 0.3 is 0 Å². The first-order valence-corrected chi connectivity index (χ1v) is 18.6. The lowest BCUT2D eigenvalue weighted by atomic mass is 9.86. The highest BCUT2D eigenvalue weighted by Gasteiger charge is 2.49. The molecule has 0 aromatic carbocycles. The van der Waals surface area contributed by atoms with Crippen LogP contribution in [-0.2, 0) is 42.6 Å². The zero-order valence-electron chi connectivity index (χ0n) is 31.1. The van der Waals surface area contributed by atoms with Gasteiger partial charge in [-0.25, -0.2) is 0 Å². The number of ether oxygens (including phenoxy) is 9. The van der Waals surface area contributed by atoms with Gasteiger partial charge in [-0.2, -0.15) is 0 Å². The Balaban J connectivity index is 1.24. The van der Waals surface area contributed by atoms with Crippen LogP contribution in [0.1, 0.15) is 0 Å². The molecule has 0 amide bonds. The second-order valence-corrected chi connectivity index (χ2v) is 14.7. The van der Waals surface area contributed by atoms with Crippen LogP contribution in [0.4, 0.5) is 0 Å². The van der Waals surface area contributed by atoms with Gasteiger partial charge in [-0.05, 0) is 0 Å². The van der Waals surface area contributed by atoms with Crippen molar-refractivity contribution in [2.45, 2.75) is 97.7 Å². The van der Waals surface area contributed by atoms with E-state index in [1.807, 2.05) is 0 Å². The standard InChI is InChI=1S/C34H62O21/c1-47-7-15-19(3-35)53-24(32(44)27(15)39)12-50-9-17-21(5-37)55-26(34(46)29(17)41)14-51-10-18-22(6-38)54-25(33(45)30(18)42)13-49-8-16-20(4-36)52-23(11-48-2)31(43)28(16)40/h15-46H,3-14H2,1-2H3. The average Bonchev–Trinajstić information content (AvgIpc) is 3.18. The summed E-state index contributed by atoms with van der Waals surface area (Å²) < 4.78 is 50.1. The van der Waals surface area contributed by atoms with Gasteiger partial charge in [0.2, 0.25) is 0 Å². The summed E-state index contributed by atoms with van der Waals surface area (Å²) in [5.74, 6) is -3.40. The van der Waals surface area contributed by atoms with E-state index in [-0.39, 0.29) is 52.9 Å². The smallest absolute Gasteiger partial charge is 0.110 e. The monoisotopic (exact) mass is 806 g/mol. The van der Waals surface area contributed by atoms with E-state index in [0.717, 1.165) is 0 Å². The fourth-order valence-electron chi connectivity index (χ4n) is 7.80. The summed E-state index contributed by atoms with van der Waals surface area (Å²) in [5.41, 5.74) is 0. The Bertz CT molecular complexity index is 1070. The highest BCUT2D eigenvalue weighted by molar-refractivity contribution is 4.96. The summed E-state index contributed by atoms with van der Waals surface area (Å²) in [5, 5.41) is 125. The minimum Gasteiger partial charge on any atom is -0.394 e. The van der Waals surface area contributed by atoms with Crippen LogP contribution in [0.3, 0.4) is 0 Å². The lowest BCUT2D eigenvalue weighted by Crippen LogP contribution is -2.60. The van der Waals surface area contributed by atoms with E-state index < -0.39 is 148 Å². The van der Waals surface area contributed by atoms with E-state index in [1.54, 1.807) is 0 Å². The van der Waals surface area contributed by atoms with Crippen molar-refractivity contribution in [1.29, 1.82) is 0 Å². The van der Waals surface area contributed by atoms with E-state index in [1.165, 1.54) is 14.2 Å². The van der Waals surface area contributed by atoms with Crippen molar-refractivity contribution in [3.05, 3.63) is 0 Å². The fourth-order valence-corrected chi connectivity index (χ4v) is 7.80. The molecule has 21 nitrogen and oxygen atoms in total. The molecule has 4 saturated heterocycles. The van der Waals surface area contributed by atoms with E-state index in [0.29, 0.717) is 0 Å². The van der Waals surface area contributed by atoms with E-state index in [2.05, 4.69) is 0 Å². The summed E-state index contributed by atoms with van der Waals surface area (Å²) in [4.78, 5) is 0. The molecular formula is C34H62O21. The molecule has 324 valence electrons. The summed E-state index contributed by atoms with van der Waals surface area (Å²) in [6.07, 6.45) is -19.1. The second kappa shape index (κ2) is 22.5. The molecule has 4 heterocycles. The molecule has 0 aromatic heterocycles. The van der Waals surface area contributed by atoms with Crippen molar-refractivity contribution in [2.75, 3.05) is 93.5 Å². The molecule has 20 unspecified atom stereocenters. The first-order chi connectivity index (χ1) is 26.4. The minimum atomic E-state index is -1.51. The van der Waals surface area contributed by atoms with Crippen LogP contribution in [0, 0.1) is 23.7 Å². The third kappa shape index (κ3) is 11.3. The molecule has 4 fully saturated rings. The van der Waals surface area contributed by atoms with Gasteiger partial charge in [-0.1, -0.05) is 0 Å². The Morgan fingerprint density at radius 1 is 0.309 bits per heavy atom. The topological polar surface area (TPSA) is 326 Å². The molecule has 0 radical (unpaired) electrons. The van der Waals surface area contributed by atoms with E-state index in [4.69, 9.17) is 42.6 Å². The van der Waals surface area contributed by atoms with Crippen molar-refractivity contribution >= 4 is 0 Å². The number of aliphatic hydroxyl groups is 12. The number of aliphatic hydroxyl groups excluding tert-OH is 12. The zero-order valence-corrected chi connectivity index (χ0v) is 31.1. The van der Waals surface area contributed by atoms with Gasteiger partial charge in [-0.3, -0.25) is 0 Å². The highest BCUT2D eigenvalue weighted by atomic mass is 16.6. The highest BCUT2D eigenvalue weighted by Crippen LogP contribution is 2.32. The van der Waals surface area contributed by atoms with Crippen molar-refractivity contribution in [2.24, 2.45) is 23.7 Å². The lowest BCUT2D eigenvalue weighted by Gasteiger charge is -2.44. The van der Waals surface area contributed by atoms with Crippen LogP contribution in [-0.4, -0.2) is 252 Å². The van der Waals surface area contributed by atoms with Crippen molar-refractivity contribution in [3.8, 4) is 0 Å². The van der Waals surface area contributed by atoms with Crippen LogP contribution in [0.25, 0.3) is 0 Å². The normalized spacial score (nSPS) is 45.5. The Morgan fingerprint density at radius 3 is 0.782 bits per heavy atom. The summed E-state index contributed by atoms with van der Waals surface area (Å²) >= 11 is 0. The van der Waals surface area contributed by atoms with Crippen LogP contribution < -0.4 is 0 Å². The van der Waals surface area contributed by atoms with Crippen LogP contribution in [0.15, 0.2) is 0 Å². The predicted molar refractivity (Wildman–Crippen MR) is 181 cm³/mol. The SMILES string of the molecule is COCC1OC(CO)C(COCC2OC(CO)C(COCC3OC(CO)C(COCC4OC(CO)C(COC)C(O)C4O)C(O)C3O)C(O)C2O)C(O)C1O. The molecule has 0 aliphatic carbocycles. The van der Waals surface area contributed by atoms with E-state index in [9.17, 15) is 61.3 Å². The van der Waals surface area contributed by atoms with Gasteiger partial charge in [0.05, 0.1) is 128 Å². The molecule has 12 N–H and O–H groups in total. The molecule has 21 heteroatoms. The molecule has 4 aliphatic heterocycles. The van der Waals surface area contributed by atoms with Gasteiger partial charge in [0.25, 0.3) is 0 Å². The van der Waals surface area contributed by atoms with Crippen molar-refractivity contribution in [1.82, 2.24) is 0 Å². The van der Waals surface area contributed by atoms with Gasteiger partial charge < -0.3 is 104 Å². The first-order valence-electron chi connectivity index (χ1n) is 18.6. The van der Waals surface area contributed by atoms with Crippen LogP contribution >= 0.6 is 0 Å². The average molecular weight is 807 g/mol. The number of methoxy groups -OCH3 is 2. The third-order valence-corrected chi connectivity index (χ3v) is 11.2. The molecule has 0 bridgehead atoms.